The first-order chi connectivity index (χ1) is 11.0. The minimum atomic E-state index is -0.658. The van der Waals surface area contributed by atoms with Crippen LogP contribution in [-0.2, 0) is 6.54 Å². The van der Waals surface area contributed by atoms with Gasteiger partial charge in [0.2, 0.25) is 0 Å². The van der Waals surface area contributed by atoms with E-state index in [0.29, 0.717) is 11.3 Å². The number of carbonyl (C=O) groups is 1. The van der Waals surface area contributed by atoms with Gasteiger partial charge in [-0.05, 0) is 26.8 Å². The molecular weight excluding hydrogens is 300 g/mol. The molecule has 0 aromatic carbocycles. The molecule has 3 rings (SSSR count). The zero-order valence-corrected chi connectivity index (χ0v) is 13.0. The van der Waals surface area contributed by atoms with E-state index in [1.54, 1.807) is 19.2 Å². The lowest BCUT2D eigenvalue weighted by Gasteiger charge is -2.09. The topological polar surface area (TPSA) is 119 Å². The largest absolute Gasteiger partial charge is 0.438 e. The van der Waals surface area contributed by atoms with Crippen molar-refractivity contribution >= 4 is 16.9 Å². The zero-order valence-electron chi connectivity index (χ0n) is 13.0. The SMILES string of the molecule is Cc1nc2c(cnn2C(C)C)cc1C(=O)NCc1noc(=O)[nH]1. The van der Waals surface area contributed by atoms with Gasteiger partial charge < -0.3 is 5.32 Å². The van der Waals surface area contributed by atoms with Crippen molar-refractivity contribution < 1.29 is 9.32 Å². The molecule has 0 saturated heterocycles. The quantitative estimate of drug-likeness (QED) is 0.739. The van der Waals surface area contributed by atoms with E-state index in [-0.39, 0.29) is 24.3 Å². The van der Waals surface area contributed by atoms with Crippen molar-refractivity contribution in [1.82, 2.24) is 30.2 Å². The van der Waals surface area contributed by atoms with Crippen molar-refractivity contribution in [3.05, 3.63) is 39.9 Å². The van der Waals surface area contributed by atoms with Crippen molar-refractivity contribution in [2.75, 3.05) is 0 Å². The number of carbonyl (C=O) groups excluding carboxylic acids is 1. The van der Waals surface area contributed by atoms with Gasteiger partial charge in [-0.15, -0.1) is 0 Å². The fraction of sp³-hybridized carbons (Fsp3) is 0.357. The molecule has 23 heavy (non-hydrogen) atoms. The first kappa shape index (κ1) is 14.9. The summed E-state index contributed by atoms with van der Waals surface area (Å²) < 4.78 is 6.18. The minimum Gasteiger partial charge on any atom is -0.345 e. The fourth-order valence-corrected chi connectivity index (χ4v) is 2.27. The van der Waals surface area contributed by atoms with Crippen molar-refractivity contribution in [2.24, 2.45) is 0 Å². The number of aromatic nitrogens is 5. The van der Waals surface area contributed by atoms with Gasteiger partial charge in [0.15, 0.2) is 11.5 Å². The monoisotopic (exact) mass is 316 g/mol. The highest BCUT2D eigenvalue weighted by Gasteiger charge is 2.15. The number of rotatable bonds is 4. The van der Waals surface area contributed by atoms with Crippen molar-refractivity contribution in [1.29, 1.82) is 0 Å². The number of pyridine rings is 1. The molecule has 1 amide bonds. The van der Waals surface area contributed by atoms with E-state index >= 15 is 0 Å². The lowest BCUT2D eigenvalue weighted by Crippen LogP contribution is -2.24. The highest BCUT2D eigenvalue weighted by Crippen LogP contribution is 2.19. The third-order valence-corrected chi connectivity index (χ3v) is 3.39. The number of fused-ring (bicyclic) bond motifs is 1. The molecule has 3 heterocycles. The highest BCUT2D eigenvalue weighted by atomic mass is 16.5. The van der Waals surface area contributed by atoms with Gasteiger partial charge >= 0.3 is 5.76 Å². The molecule has 0 spiro atoms. The Morgan fingerprint density at radius 1 is 1.48 bits per heavy atom. The summed E-state index contributed by atoms with van der Waals surface area (Å²) in [5, 5.41) is 11.2. The molecule has 3 aromatic heterocycles. The number of aromatic amines is 1. The van der Waals surface area contributed by atoms with Crippen LogP contribution in [0.25, 0.3) is 11.0 Å². The molecular formula is C14H16N6O3. The predicted octanol–water partition coefficient (Wildman–Crippen LogP) is 0.927. The summed E-state index contributed by atoms with van der Waals surface area (Å²) in [4.78, 5) is 30.0. The Morgan fingerprint density at radius 3 is 2.91 bits per heavy atom. The lowest BCUT2D eigenvalue weighted by atomic mass is 10.1. The second kappa shape index (κ2) is 5.67. The standard InChI is InChI=1S/C14H16N6O3/c1-7(2)20-12-9(5-16-20)4-10(8(3)17-12)13(21)15-6-11-18-14(22)23-19-11/h4-5,7H,6H2,1-3H3,(H,15,21)(H,18,19,22). The zero-order chi connectivity index (χ0) is 16.6. The van der Waals surface area contributed by atoms with Crippen molar-refractivity contribution in [3.8, 4) is 0 Å². The molecule has 0 atom stereocenters. The van der Waals surface area contributed by atoms with Crippen molar-refractivity contribution in [3.63, 3.8) is 0 Å². The predicted molar refractivity (Wildman–Crippen MR) is 80.9 cm³/mol. The summed E-state index contributed by atoms with van der Waals surface area (Å²) in [7, 11) is 0. The normalized spacial score (nSPS) is 11.3. The summed E-state index contributed by atoms with van der Waals surface area (Å²) in [6.45, 7) is 5.86. The third-order valence-electron chi connectivity index (χ3n) is 3.39. The number of nitrogens with zero attached hydrogens (tertiary/aromatic N) is 4. The van der Waals surface area contributed by atoms with Gasteiger partial charge in [-0.25, -0.2) is 14.5 Å². The van der Waals surface area contributed by atoms with E-state index < -0.39 is 5.76 Å². The molecule has 9 nitrogen and oxygen atoms in total. The lowest BCUT2D eigenvalue weighted by molar-refractivity contribution is 0.0949. The third kappa shape index (κ3) is 2.85. The maximum atomic E-state index is 12.3. The van der Waals surface area contributed by atoms with E-state index in [1.807, 2.05) is 18.5 Å². The van der Waals surface area contributed by atoms with E-state index in [9.17, 15) is 9.59 Å². The number of aryl methyl sites for hydroxylation is 1. The average Bonchev–Trinajstić information content (AvgIpc) is 3.09. The van der Waals surface area contributed by atoms with Crippen LogP contribution in [0.3, 0.4) is 0 Å². The van der Waals surface area contributed by atoms with Gasteiger partial charge in [0.1, 0.15) is 0 Å². The van der Waals surface area contributed by atoms with Crippen LogP contribution in [-0.4, -0.2) is 30.8 Å². The minimum absolute atomic E-state index is 0.0628. The molecule has 3 aromatic rings. The average molecular weight is 316 g/mol. The maximum Gasteiger partial charge on any atom is 0.438 e. The molecule has 0 saturated carbocycles. The Kier molecular flexibility index (Phi) is 3.68. The molecule has 0 bridgehead atoms. The molecule has 9 heteroatoms. The van der Waals surface area contributed by atoms with Gasteiger partial charge in [-0.2, -0.15) is 5.10 Å². The first-order valence-electron chi connectivity index (χ1n) is 7.13. The Labute approximate surface area is 130 Å². The maximum absolute atomic E-state index is 12.3. The highest BCUT2D eigenvalue weighted by molar-refractivity contribution is 5.98. The van der Waals surface area contributed by atoms with Crippen LogP contribution in [0.15, 0.2) is 21.6 Å². The number of hydrogen-bond donors (Lipinski definition) is 2. The summed E-state index contributed by atoms with van der Waals surface area (Å²) >= 11 is 0. The van der Waals surface area contributed by atoms with Crippen LogP contribution in [0.1, 0.15) is 41.8 Å². The molecule has 0 aliphatic heterocycles. The van der Waals surface area contributed by atoms with Gasteiger partial charge in [-0.1, -0.05) is 5.16 Å². The Balaban J connectivity index is 1.85. The summed E-state index contributed by atoms with van der Waals surface area (Å²) in [5.74, 6) is -0.713. The Bertz CT molecular complexity index is 920. The van der Waals surface area contributed by atoms with E-state index in [1.165, 1.54) is 0 Å². The second-order valence-corrected chi connectivity index (χ2v) is 5.44. The number of nitrogens with one attached hydrogen (secondary N) is 2. The van der Waals surface area contributed by atoms with Crippen LogP contribution in [0.5, 0.6) is 0 Å². The first-order valence-corrected chi connectivity index (χ1v) is 7.13. The molecule has 0 unspecified atom stereocenters. The number of hydrogen-bond acceptors (Lipinski definition) is 6. The summed E-state index contributed by atoms with van der Waals surface area (Å²) in [6, 6.07) is 1.94. The van der Waals surface area contributed by atoms with Gasteiger partial charge in [0.25, 0.3) is 5.91 Å². The van der Waals surface area contributed by atoms with Crippen LogP contribution in [0.4, 0.5) is 0 Å². The molecule has 120 valence electrons. The van der Waals surface area contributed by atoms with E-state index in [2.05, 4.69) is 30.1 Å². The fourth-order valence-electron chi connectivity index (χ4n) is 2.27. The molecule has 0 aliphatic carbocycles. The van der Waals surface area contributed by atoms with Gasteiger partial charge in [-0.3, -0.25) is 14.3 Å². The Morgan fingerprint density at radius 2 is 2.26 bits per heavy atom. The van der Waals surface area contributed by atoms with E-state index in [0.717, 1.165) is 11.0 Å². The smallest absolute Gasteiger partial charge is 0.345 e. The molecule has 0 fully saturated rings. The summed E-state index contributed by atoms with van der Waals surface area (Å²) in [6.07, 6.45) is 1.69. The molecule has 0 radical (unpaired) electrons. The molecule has 2 N–H and O–H groups in total. The van der Waals surface area contributed by atoms with Crippen LogP contribution in [0.2, 0.25) is 0 Å². The van der Waals surface area contributed by atoms with E-state index in [4.69, 9.17) is 0 Å². The van der Waals surface area contributed by atoms with Gasteiger partial charge in [0, 0.05) is 11.4 Å². The van der Waals surface area contributed by atoms with Crippen molar-refractivity contribution in [2.45, 2.75) is 33.4 Å². The Hall–Kier alpha value is -2.97. The molecule has 0 aliphatic rings. The second-order valence-electron chi connectivity index (χ2n) is 5.44. The number of H-pyrrole nitrogens is 1. The van der Waals surface area contributed by atoms with Crippen LogP contribution >= 0.6 is 0 Å². The number of amides is 1. The van der Waals surface area contributed by atoms with Crippen LogP contribution < -0.4 is 11.1 Å². The van der Waals surface area contributed by atoms with Crippen LogP contribution in [0, 0.1) is 6.92 Å². The summed E-state index contributed by atoms with van der Waals surface area (Å²) in [5.41, 5.74) is 1.80. The van der Waals surface area contributed by atoms with Gasteiger partial charge in [0.05, 0.1) is 24.0 Å².